The molecule has 0 N–H and O–H groups in total. The van der Waals surface area contributed by atoms with E-state index in [9.17, 15) is 4.79 Å². The Morgan fingerprint density at radius 3 is 1.96 bits per heavy atom. The fourth-order valence-corrected chi connectivity index (χ4v) is 10.5. The minimum Gasteiger partial charge on any atom is -0.404 e. The molecule has 0 heterocycles. The average Bonchev–Trinajstić information content (AvgIpc) is 3.33. The summed E-state index contributed by atoms with van der Waals surface area (Å²) in [5.74, 6) is 1.02. The van der Waals surface area contributed by atoms with Crippen molar-refractivity contribution >= 4 is 25.0 Å². The summed E-state index contributed by atoms with van der Waals surface area (Å²) in [5, 5.41) is 2.63. The summed E-state index contributed by atoms with van der Waals surface area (Å²) in [6.45, 7) is 9.23. The van der Waals surface area contributed by atoms with E-state index in [4.69, 9.17) is 4.43 Å². The Morgan fingerprint density at radius 2 is 1.54 bits per heavy atom. The second-order valence-electron chi connectivity index (χ2n) is 9.76. The van der Waals surface area contributed by atoms with Gasteiger partial charge in [0, 0.05) is 11.5 Å². The maximum Gasteiger partial charge on any atom is 0.261 e. The van der Waals surface area contributed by atoms with Gasteiger partial charge in [-0.15, -0.1) is 0 Å². The molecule has 2 aliphatic rings. The summed E-state index contributed by atoms with van der Waals surface area (Å²) in [6.07, 6.45) is 4.44. The highest BCUT2D eigenvalue weighted by Crippen LogP contribution is 2.66. The highest BCUT2D eigenvalue weighted by atomic mass is 28.4. The van der Waals surface area contributed by atoms with Gasteiger partial charge in [-0.3, -0.25) is 0 Å². The SMILES string of the molecule is CC[C@@H]1[C@H]2C[C@@]2(C=O)C[C@H]1O[Si](c1ccccc1)(c1ccccc1)C(C)(C)C. The molecule has 0 spiro atoms. The lowest BCUT2D eigenvalue weighted by Crippen LogP contribution is -2.68. The molecular weight excluding hydrogens is 360 g/mol. The molecule has 0 amide bonds. The molecule has 0 unspecified atom stereocenters. The third-order valence-electron chi connectivity index (χ3n) is 7.20. The van der Waals surface area contributed by atoms with Gasteiger partial charge in [0.05, 0.1) is 0 Å². The second-order valence-corrected chi connectivity index (χ2v) is 14.0. The van der Waals surface area contributed by atoms with Crippen molar-refractivity contribution in [2.24, 2.45) is 17.3 Å². The van der Waals surface area contributed by atoms with Crippen LogP contribution in [0.15, 0.2) is 60.7 Å². The molecule has 0 bridgehead atoms. The quantitative estimate of drug-likeness (QED) is 0.532. The first-order chi connectivity index (χ1) is 13.4. The van der Waals surface area contributed by atoms with Crippen molar-refractivity contribution < 1.29 is 9.22 Å². The highest BCUT2D eigenvalue weighted by Gasteiger charge is 2.66. The van der Waals surface area contributed by atoms with E-state index in [2.05, 4.69) is 88.4 Å². The number of carbonyl (C=O) groups excluding carboxylic acids is 1. The molecule has 3 heteroatoms. The van der Waals surface area contributed by atoms with Crippen LogP contribution in [0, 0.1) is 17.3 Å². The van der Waals surface area contributed by atoms with Gasteiger partial charge in [-0.2, -0.15) is 0 Å². The molecule has 148 valence electrons. The van der Waals surface area contributed by atoms with E-state index >= 15 is 0 Å². The van der Waals surface area contributed by atoms with Crippen molar-refractivity contribution in [2.45, 2.75) is 58.1 Å². The van der Waals surface area contributed by atoms with E-state index in [-0.39, 0.29) is 16.6 Å². The van der Waals surface area contributed by atoms with Gasteiger partial charge in [-0.05, 0) is 40.1 Å². The maximum absolute atomic E-state index is 11.8. The first kappa shape index (κ1) is 19.6. The van der Waals surface area contributed by atoms with Crippen LogP contribution in [0.1, 0.15) is 47.0 Å². The van der Waals surface area contributed by atoms with Crippen LogP contribution >= 0.6 is 0 Å². The molecule has 2 aromatic carbocycles. The molecule has 2 aromatic rings. The summed E-state index contributed by atoms with van der Waals surface area (Å²) in [7, 11) is -2.54. The van der Waals surface area contributed by atoms with Crippen LogP contribution in [0.2, 0.25) is 5.04 Å². The summed E-state index contributed by atoms with van der Waals surface area (Å²) in [4.78, 5) is 11.8. The van der Waals surface area contributed by atoms with Crippen LogP contribution in [-0.2, 0) is 9.22 Å². The van der Waals surface area contributed by atoms with Gasteiger partial charge in [-0.25, -0.2) is 0 Å². The van der Waals surface area contributed by atoms with Crippen molar-refractivity contribution in [3.63, 3.8) is 0 Å². The van der Waals surface area contributed by atoms with Crippen LogP contribution in [0.5, 0.6) is 0 Å². The van der Waals surface area contributed by atoms with Gasteiger partial charge in [0.25, 0.3) is 8.32 Å². The topological polar surface area (TPSA) is 26.3 Å². The number of benzene rings is 2. The predicted octanol–water partition coefficient (Wildman–Crippen LogP) is 4.57. The standard InChI is InChI=1S/C25H32O2Si/c1-5-21-22-16-25(22,18-26)17-23(21)27-28(24(2,3)4,19-12-8-6-9-13-19)20-14-10-7-11-15-20/h6-15,18,21-23H,5,16-17H2,1-4H3/t21-,22-,23-,25+/m1/s1. The van der Waals surface area contributed by atoms with Gasteiger partial charge in [-0.1, -0.05) is 94.8 Å². The number of hydrogen-bond acceptors (Lipinski definition) is 2. The molecule has 2 nitrogen and oxygen atoms in total. The third-order valence-corrected chi connectivity index (χ3v) is 12.3. The van der Waals surface area contributed by atoms with E-state index in [1.165, 1.54) is 16.7 Å². The Hall–Kier alpha value is -1.71. The number of hydrogen-bond donors (Lipinski definition) is 0. The van der Waals surface area contributed by atoms with Crippen LogP contribution < -0.4 is 10.4 Å². The normalized spacial score (nSPS) is 29.4. The largest absolute Gasteiger partial charge is 0.404 e. The Balaban J connectivity index is 1.83. The zero-order valence-electron chi connectivity index (χ0n) is 17.5. The minimum atomic E-state index is -2.54. The maximum atomic E-state index is 11.8. The first-order valence-corrected chi connectivity index (χ1v) is 12.5. The van der Waals surface area contributed by atoms with Crippen LogP contribution in [0.3, 0.4) is 0 Å². The summed E-state index contributed by atoms with van der Waals surface area (Å²) < 4.78 is 7.35. The van der Waals surface area contributed by atoms with Crippen molar-refractivity contribution in [1.29, 1.82) is 0 Å². The molecule has 0 saturated heterocycles. The van der Waals surface area contributed by atoms with Crippen LogP contribution in [0.4, 0.5) is 0 Å². The van der Waals surface area contributed by atoms with E-state index in [0.29, 0.717) is 11.8 Å². The molecule has 0 radical (unpaired) electrons. The monoisotopic (exact) mass is 392 g/mol. The summed E-state index contributed by atoms with van der Waals surface area (Å²) in [6, 6.07) is 21.7. The fourth-order valence-electron chi connectivity index (χ4n) is 5.73. The van der Waals surface area contributed by atoms with E-state index in [1.54, 1.807) is 0 Å². The molecule has 0 aromatic heterocycles. The molecule has 2 fully saturated rings. The predicted molar refractivity (Wildman–Crippen MR) is 117 cm³/mol. The Morgan fingerprint density at radius 1 is 1.00 bits per heavy atom. The zero-order chi connectivity index (χ0) is 20.0. The lowest BCUT2D eigenvalue weighted by atomic mass is 9.98. The van der Waals surface area contributed by atoms with Gasteiger partial charge >= 0.3 is 0 Å². The lowest BCUT2D eigenvalue weighted by molar-refractivity contribution is -0.112. The van der Waals surface area contributed by atoms with E-state index in [1.807, 2.05) is 0 Å². The summed E-state index contributed by atoms with van der Waals surface area (Å²) in [5.41, 5.74) is -0.100. The molecule has 4 rings (SSSR count). The molecule has 28 heavy (non-hydrogen) atoms. The smallest absolute Gasteiger partial charge is 0.261 e. The van der Waals surface area contributed by atoms with Crippen LogP contribution in [0.25, 0.3) is 0 Å². The lowest BCUT2D eigenvalue weighted by Gasteiger charge is -2.46. The average molecular weight is 393 g/mol. The molecular formula is C25H32O2Si. The van der Waals surface area contributed by atoms with E-state index < -0.39 is 8.32 Å². The Kier molecular flexibility index (Phi) is 4.87. The molecule has 2 saturated carbocycles. The third kappa shape index (κ3) is 2.91. The van der Waals surface area contributed by atoms with Crippen molar-refractivity contribution in [3.05, 3.63) is 60.7 Å². The van der Waals surface area contributed by atoms with Gasteiger partial charge in [0.15, 0.2) is 0 Å². The molecule has 2 aliphatic carbocycles. The van der Waals surface area contributed by atoms with Gasteiger partial charge in [0.2, 0.25) is 0 Å². The van der Waals surface area contributed by atoms with Gasteiger partial charge in [0.1, 0.15) is 6.29 Å². The number of carbonyl (C=O) groups is 1. The van der Waals surface area contributed by atoms with Crippen LogP contribution in [-0.4, -0.2) is 20.7 Å². The molecule has 4 atom stereocenters. The minimum absolute atomic E-state index is 0.0187. The van der Waals surface area contributed by atoms with Crippen molar-refractivity contribution in [2.75, 3.05) is 0 Å². The Labute approximate surface area is 170 Å². The first-order valence-electron chi connectivity index (χ1n) is 10.6. The number of aldehydes is 1. The van der Waals surface area contributed by atoms with Crippen molar-refractivity contribution in [1.82, 2.24) is 0 Å². The number of fused-ring (bicyclic) bond motifs is 1. The fraction of sp³-hybridized carbons (Fsp3) is 0.480. The zero-order valence-corrected chi connectivity index (χ0v) is 18.5. The number of rotatable bonds is 6. The highest BCUT2D eigenvalue weighted by molar-refractivity contribution is 6.99. The van der Waals surface area contributed by atoms with Gasteiger partial charge < -0.3 is 9.22 Å². The Bertz CT molecular complexity index is 787. The summed E-state index contributed by atoms with van der Waals surface area (Å²) >= 11 is 0. The second kappa shape index (κ2) is 6.96. The van der Waals surface area contributed by atoms with E-state index in [0.717, 1.165) is 19.3 Å². The van der Waals surface area contributed by atoms with Crippen molar-refractivity contribution in [3.8, 4) is 0 Å². The molecule has 0 aliphatic heterocycles.